The maximum atomic E-state index is 4.74. The van der Waals surface area contributed by atoms with Gasteiger partial charge in [0, 0.05) is 24.3 Å². The molecule has 0 N–H and O–H groups in total. The van der Waals surface area contributed by atoms with Crippen molar-refractivity contribution in [2.24, 2.45) is 0 Å². The lowest BCUT2D eigenvalue weighted by molar-refractivity contribution is 1.07. The van der Waals surface area contributed by atoms with Crippen LogP contribution in [0.1, 0.15) is 11.3 Å². The Balaban J connectivity index is 2.11. The van der Waals surface area contributed by atoms with E-state index in [2.05, 4.69) is 63.5 Å². The molecule has 0 amide bonds. The molecule has 0 bridgehead atoms. The van der Waals surface area contributed by atoms with Crippen molar-refractivity contribution in [2.45, 2.75) is 12.3 Å². The number of hydrogen-bond donors (Lipinski definition) is 0. The Morgan fingerprint density at radius 1 is 1.15 bits per heavy atom. The first kappa shape index (κ1) is 13.2. The predicted molar refractivity (Wildman–Crippen MR) is 87.1 cm³/mol. The van der Waals surface area contributed by atoms with Crippen LogP contribution >= 0.6 is 15.9 Å². The van der Waals surface area contributed by atoms with E-state index in [0.717, 1.165) is 28.2 Å². The fourth-order valence-corrected chi connectivity index (χ4v) is 2.84. The third-order valence-electron chi connectivity index (χ3n) is 3.47. The van der Waals surface area contributed by atoms with Gasteiger partial charge in [-0.3, -0.25) is 0 Å². The standard InChI is InChI=1S/C16H16BrN3/c1-12-6-8-13(9-7-12)19(2)16-14(11-17)20-10-4-3-5-15(20)18-16/h3-10H,11H2,1-2H3. The predicted octanol–water partition coefficient (Wildman–Crippen LogP) is 4.31. The average Bonchev–Trinajstić information content (AvgIpc) is 2.85. The second kappa shape index (κ2) is 5.29. The molecule has 2 aromatic heterocycles. The van der Waals surface area contributed by atoms with Gasteiger partial charge in [0.25, 0.3) is 0 Å². The highest BCUT2D eigenvalue weighted by Gasteiger charge is 2.15. The number of nitrogens with zero attached hydrogens (tertiary/aromatic N) is 3. The molecule has 3 rings (SSSR count). The molecule has 0 saturated carbocycles. The second-order valence-electron chi connectivity index (χ2n) is 4.84. The second-order valence-corrected chi connectivity index (χ2v) is 5.40. The first-order chi connectivity index (χ1) is 9.70. The summed E-state index contributed by atoms with van der Waals surface area (Å²) in [5.74, 6) is 0.983. The van der Waals surface area contributed by atoms with Crippen molar-refractivity contribution in [3.05, 3.63) is 59.9 Å². The van der Waals surface area contributed by atoms with Crippen molar-refractivity contribution < 1.29 is 0 Å². The summed E-state index contributed by atoms with van der Waals surface area (Å²) in [5.41, 5.74) is 4.53. The van der Waals surface area contributed by atoms with Crippen molar-refractivity contribution >= 4 is 33.1 Å². The smallest absolute Gasteiger partial charge is 0.156 e. The number of fused-ring (bicyclic) bond motifs is 1. The number of imidazole rings is 1. The Hall–Kier alpha value is -1.81. The van der Waals surface area contributed by atoms with Crippen molar-refractivity contribution in [3.8, 4) is 0 Å². The lowest BCUT2D eigenvalue weighted by Crippen LogP contribution is -2.11. The Kier molecular flexibility index (Phi) is 3.49. The summed E-state index contributed by atoms with van der Waals surface area (Å²) in [6.07, 6.45) is 2.05. The van der Waals surface area contributed by atoms with Crippen LogP contribution in [0.3, 0.4) is 0 Å². The van der Waals surface area contributed by atoms with E-state index in [1.807, 2.05) is 24.4 Å². The molecule has 102 valence electrons. The molecule has 0 aliphatic heterocycles. The fraction of sp³-hybridized carbons (Fsp3) is 0.188. The minimum atomic E-state index is 0.768. The van der Waals surface area contributed by atoms with Crippen molar-refractivity contribution in [2.75, 3.05) is 11.9 Å². The quantitative estimate of drug-likeness (QED) is 0.667. The minimum Gasteiger partial charge on any atom is -0.328 e. The zero-order valence-corrected chi connectivity index (χ0v) is 13.1. The van der Waals surface area contributed by atoms with E-state index in [4.69, 9.17) is 4.98 Å². The summed E-state index contributed by atoms with van der Waals surface area (Å²) in [6, 6.07) is 14.5. The maximum absolute atomic E-state index is 4.74. The number of rotatable bonds is 3. The van der Waals surface area contributed by atoms with Gasteiger partial charge in [0.15, 0.2) is 5.82 Å². The number of pyridine rings is 1. The zero-order chi connectivity index (χ0) is 14.1. The highest BCUT2D eigenvalue weighted by Crippen LogP contribution is 2.28. The Bertz CT molecular complexity index is 731. The highest BCUT2D eigenvalue weighted by molar-refractivity contribution is 9.08. The molecule has 0 fully saturated rings. The third kappa shape index (κ3) is 2.20. The molecular formula is C16H16BrN3. The number of aryl methyl sites for hydroxylation is 1. The summed E-state index contributed by atoms with van der Waals surface area (Å²) >= 11 is 3.57. The van der Waals surface area contributed by atoms with Crippen LogP contribution in [0.25, 0.3) is 5.65 Å². The fourth-order valence-electron chi connectivity index (χ4n) is 2.32. The summed E-state index contributed by atoms with van der Waals surface area (Å²) in [6.45, 7) is 2.10. The van der Waals surface area contributed by atoms with Crippen LogP contribution in [0.4, 0.5) is 11.5 Å². The van der Waals surface area contributed by atoms with Crippen LogP contribution in [0, 0.1) is 6.92 Å². The molecule has 0 aliphatic carbocycles. The van der Waals surface area contributed by atoms with Crippen LogP contribution in [0.5, 0.6) is 0 Å². The van der Waals surface area contributed by atoms with E-state index in [0.29, 0.717) is 0 Å². The van der Waals surface area contributed by atoms with Crippen molar-refractivity contribution in [1.29, 1.82) is 0 Å². The Morgan fingerprint density at radius 2 is 1.90 bits per heavy atom. The summed E-state index contributed by atoms with van der Waals surface area (Å²) in [7, 11) is 2.05. The molecule has 0 unspecified atom stereocenters. The van der Waals surface area contributed by atoms with E-state index < -0.39 is 0 Å². The summed E-state index contributed by atoms with van der Waals surface area (Å²) in [4.78, 5) is 6.87. The van der Waals surface area contributed by atoms with E-state index in [1.54, 1.807) is 0 Å². The largest absolute Gasteiger partial charge is 0.328 e. The van der Waals surface area contributed by atoms with Gasteiger partial charge in [0.2, 0.25) is 0 Å². The molecule has 3 aromatic rings. The molecular weight excluding hydrogens is 314 g/mol. The van der Waals surface area contributed by atoms with E-state index in [9.17, 15) is 0 Å². The molecule has 3 nitrogen and oxygen atoms in total. The lowest BCUT2D eigenvalue weighted by atomic mass is 10.2. The normalized spacial score (nSPS) is 10.9. The molecule has 0 saturated heterocycles. The summed E-state index contributed by atoms with van der Waals surface area (Å²) < 4.78 is 2.12. The highest BCUT2D eigenvalue weighted by atomic mass is 79.9. The molecule has 4 heteroatoms. The van der Waals surface area contributed by atoms with Gasteiger partial charge in [0.1, 0.15) is 5.65 Å². The van der Waals surface area contributed by atoms with Crippen LogP contribution in [0.2, 0.25) is 0 Å². The van der Waals surface area contributed by atoms with Gasteiger partial charge in [-0.25, -0.2) is 4.98 Å². The molecule has 0 aliphatic rings. The minimum absolute atomic E-state index is 0.768. The van der Waals surface area contributed by atoms with Crippen LogP contribution in [0.15, 0.2) is 48.7 Å². The maximum Gasteiger partial charge on any atom is 0.156 e. The van der Waals surface area contributed by atoms with E-state index >= 15 is 0 Å². The van der Waals surface area contributed by atoms with Gasteiger partial charge in [-0.2, -0.15) is 0 Å². The van der Waals surface area contributed by atoms with Crippen LogP contribution in [-0.2, 0) is 5.33 Å². The van der Waals surface area contributed by atoms with Crippen molar-refractivity contribution in [1.82, 2.24) is 9.38 Å². The van der Waals surface area contributed by atoms with Gasteiger partial charge in [-0.1, -0.05) is 39.7 Å². The van der Waals surface area contributed by atoms with Gasteiger partial charge in [-0.15, -0.1) is 0 Å². The number of benzene rings is 1. The van der Waals surface area contributed by atoms with Gasteiger partial charge < -0.3 is 9.30 Å². The van der Waals surface area contributed by atoms with E-state index in [-0.39, 0.29) is 0 Å². The SMILES string of the molecule is Cc1ccc(N(C)c2nc3ccccn3c2CBr)cc1. The molecule has 0 radical (unpaired) electrons. The molecule has 0 atom stereocenters. The molecule has 1 aromatic carbocycles. The summed E-state index contributed by atoms with van der Waals surface area (Å²) in [5, 5.41) is 0.768. The first-order valence-electron chi connectivity index (χ1n) is 6.53. The van der Waals surface area contributed by atoms with Gasteiger partial charge in [-0.05, 0) is 31.2 Å². The molecule has 0 spiro atoms. The van der Waals surface area contributed by atoms with Crippen LogP contribution < -0.4 is 4.90 Å². The number of alkyl halides is 1. The first-order valence-corrected chi connectivity index (χ1v) is 7.65. The van der Waals surface area contributed by atoms with Gasteiger partial charge in [0.05, 0.1) is 5.69 Å². The number of hydrogen-bond acceptors (Lipinski definition) is 2. The average molecular weight is 330 g/mol. The van der Waals surface area contributed by atoms with Gasteiger partial charge >= 0.3 is 0 Å². The Labute approximate surface area is 127 Å². The molecule has 20 heavy (non-hydrogen) atoms. The third-order valence-corrected chi connectivity index (χ3v) is 4.00. The topological polar surface area (TPSA) is 20.5 Å². The van der Waals surface area contributed by atoms with Crippen molar-refractivity contribution in [3.63, 3.8) is 0 Å². The lowest BCUT2D eigenvalue weighted by Gasteiger charge is -2.18. The monoisotopic (exact) mass is 329 g/mol. The number of anilines is 2. The van der Waals surface area contributed by atoms with Crippen LogP contribution in [-0.4, -0.2) is 16.4 Å². The zero-order valence-electron chi connectivity index (χ0n) is 11.5. The van der Waals surface area contributed by atoms with E-state index in [1.165, 1.54) is 5.56 Å². The number of halogens is 1. The molecule has 2 heterocycles. The Morgan fingerprint density at radius 3 is 2.60 bits per heavy atom. The number of aromatic nitrogens is 2.